The van der Waals surface area contributed by atoms with E-state index in [1.807, 2.05) is 0 Å². The number of amides is 1. The van der Waals surface area contributed by atoms with Gasteiger partial charge in [-0.2, -0.15) is 11.1 Å². The van der Waals surface area contributed by atoms with Gasteiger partial charge in [0, 0.05) is 15.4 Å². The van der Waals surface area contributed by atoms with Crippen LogP contribution in [0.5, 0.6) is 0 Å². The summed E-state index contributed by atoms with van der Waals surface area (Å²) in [5.41, 5.74) is 11.4. The van der Waals surface area contributed by atoms with E-state index in [-0.39, 0.29) is 33.5 Å². The van der Waals surface area contributed by atoms with E-state index in [1.165, 1.54) is 55.2 Å². The maximum Gasteiger partial charge on any atom is 2.00 e. The number of carbonyl (C=O) groups is 1. The van der Waals surface area contributed by atoms with E-state index < -0.39 is 0 Å². The zero-order chi connectivity index (χ0) is 19.9. The maximum atomic E-state index is 11.0. The molecule has 2 rings (SSSR count). The van der Waals surface area contributed by atoms with Crippen molar-refractivity contribution in [2.24, 2.45) is 11.8 Å². The van der Waals surface area contributed by atoms with Crippen LogP contribution < -0.4 is 0 Å². The monoisotopic (exact) mass is 424 g/mol. The van der Waals surface area contributed by atoms with E-state index in [9.17, 15) is 4.79 Å². The Labute approximate surface area is 186 Å². The van der Waals surface area contributed by atoms with Gasteiger partial charge in [-0.25, -0.2) is 5.57 Å². The van der Waals surface area contributed by atoms with Gasteiger partial charge in [0.05, 0.1) is 5.91 Å². The van der Waals surface area contributed by atoms with Crippen LogP contribution in [0.4, 0.5) is 0 Å². The summed E-state index contributed by atoms with van der Waals surface area (Å²) in [4.78, 5) is 11.0. The number of rotatable bonds is 1. The van der Waals surface area contributed by atoms with E-state index in [0.717, 1.165) is 35.2 Å². The van der Waals surface area contributed by atoms with Gasteiger partial charge in [0.25, 0.3) is 0 Å². The molecular weight excluding hydrogens is 382 g/mol. The second-order valence-corrected chi connectivity index (χ2v) is 9.00. The molecule has 1 fully saturated rings. The van der Waals surface area contributed by atoms with Crippen LogP contribution in [0.2, 0.25) is 13.1 Å². The first-order valence-electron chi connectivity index (χ1n) is 10.6. The molecule has 2 aliphatic rings. The first kappa shape index (κ1) is 29.1. The van der Waals surface area contributed by atoms with Crippen molar-refractivity contribution in [1.29, 1.82) is 0 Å². The summed E-state index contributed by atoms with van der Waals surface area (Å²) in [6.07, 6.45) is 15.4. The molecule has 0 aromatic heterocycles. The topological polar surface area (TPSA) is 40.9 Å². The van der Waals surface area contributed by atoms with Crippen LogP contribution >= 0.6 is 0 Å². The predicted octanol–water partition coefficient (Wildman–Crippen LogP) is 7.33. The first-order chi connectivity index (χ1) is 12.3. The minimum absolute atomic E-state index is 0. The third kappa shape index (κ3) is 13.7. The van der Waals surface area contributed by atoms with Gasteiger partial charge >= 0.3 is 21.7 Å². The van der Waals surface area contributed by atoms with E-state index >= 15 is 0 Å². The zero-order valence-electron chi connectivity index (χ0n) is 18.7. The summed E-state index contributed by atoms with van der Waals surface area (Å²) < 4.78 is 0. The second kappa shape index (κ2) is 17.9. The molecule has 0 aromatic rings. The van der Waals surface area contributed by atoms with Crippen molar-refractivity contribution < 1.29 is 26.5 Å². The van der Waals surface area contributed by atoms with Gasteiger partial charge < -0.3 is 10.5 Å². The van der Waals surface area contributed by atoms with Crippen LogP contribution in [0, 0.1) is 17.9 Å². The van der Waals surface area contributed by atoms with Gasteiger partial charge in [0.2, 0.25) is 0 Å². The van der Waals surface area contributed by atoms with E-state index in [4.69, 9.17) is 5.73 Å². The van der Waals surface area contributed by atoms with Crippen LogP contribution in [0.15, 0.2) is 16.7 Å². The standard InChI is InChI=1S/C12H23NO.C9H13.C2H7Si.Ti/c13-12(14)11-9-7-5-3-1-2-4-6-8-10-11;1-6-5-7(2)9(4)8(6)3;1-3-2;/h11H,1-10H2,(H2,13,14);6H,1-4H3;3H,1-2H3;/q;-1;;+2/p-1. The van der Waals surface area contributed by atoms with Crippen LogP contribution in [0.3, 0.4) is 0 Å². The van der Waals surface area contributed by atoms with E-state index in [0.29, 0.717) is 5.92 Å². The Morgan fingerprint density at radius 1 is 0.926 bits per heavy atom. The molecule has 1 saturated carbocycles. The summed E-state index contributed by atoms with van der Waals surface area (Å²) in [5, 5.41) is 0. The Hall–Kier alpha value is -0.119. The molecule has 1 unspecified atom stereocenters. The SMILES string of the molecule is CC1=[C-]C(C)C(C)=C1C.C[SiH]C.[NH-]C(=O)C1CCCCCCCCCC1.[Ti+2]. The quantitative estimate of drug-likeness (QED) is 0.321. The maximum absolute atomic E-state index is 11.0. The molecule has 1 radical (unpaired) electrons. The number of carbonyl (C=O) groups excluding carboxylic acids is 1. The zero-order valence-corrected chi connectivity index (χ0v) is 21.4. The van der Waals surface area contributed by atoms with Crippen LogP contribution in [0.25, 0.3) is 5.73 Å². The van der Waals surface area contributed by atoms with E-state index in [1.54, 1.807) is 0 Å². The van der Waals surface area contributed by atoms with Crippen LogP contribution in [-0.4, -0.2) is 15.4 Å². The number of nitrogens with one attached hydrogen (secondary N) is 1. The minimum Gasteiger partial charge on any atom is -0.668 e. The van der Waals surface area contributed by atoms with Gasteiger partial charge in [0.15, 0.2) is 0 Å². The summed E-state index contributed by atoms with van der Waals surface area (Å²) in [5.74, 6) is 0.280. The van der Waals surface area contributed by atoms with Crippen molar-refractivity contribution in [3.8, 4) is 0 Å². The fourth-order valence-electron chi connectivity index (χ4n) is 3.41. The fourth-order valence-corrected chi connectivity index (χ4v) is 3.41. The Balaban J connectivity index is 0. The molecule has 2 aliphatic carbocycles. The van der Waals surface area contributed by atoms with Crippen molar-refractivity contribution in [3.05, 3.63) is 28.5 Å². The van der Waals surface area contributed by atoms with Crippen molar-refractivity contribution in [3.63, 3.8) is 0 Å². The van der Waals surface area contributed by atoms with Gasteiger partial charge in [0.1, 0.15) is 0 Å². The summed E-state index contributed by atoms with van der Waals surface area (Å²) in [7, 11) is 0.750. The summed E-state index contributed by atoms with van der Waals surface area (Å²) in [6, 6.07) is 0. The summed E-state index contributed by atoms with van der Waals surface area (Å²) >= 11 is 0. The van der Waals surface area contributed by atoms with Gasteiger partial charge in [-0.3, -0.25) is 6.08 Å². The van der Waals surface area contributed by atoms with E-state index in [2.05, 4.69) is 46.9 Å². The predicted molar refractivity (Wildman–Crippen MR) is 118 cm³/mol. The minimum atomic E-state index is -0.329. The normalized spacial score (nSPS) is 21.4. The molecule has 2 nitrogen and oxygen atoms in total. The van der Waals surface area contributed by atoms with Crippen molar-refractivity contribution in [2.45, 2.75) is 105 Å². The van der Waals surface area contributed by atoms with Crippen molar-refractivity contribution >= 4 is 15.4 Å². The largest absolute Gasteiger partial charge is 2.00 e. The smallest absolute Gasteiger partial charge is 0.668 e. The van der Waals surface area contributed by atoms with Gasteiger partial charge in [-0.15, -0.1) is 6.92 Å². The third-order valence-corrected chi connectivity index (χ3v) is 5.46. The molecule has 1 atom stereocenters. The molecular formula is C23H42NOSiTi. The molecule has 27 heavy (non-hydrogen) atoms. The molecule has 0 spiro atoms. The Bertz CT molecular complexity index is 447. The third-order valence-electron chi connectivity index (χ3n) is 5.46. The number of hydrogen-bond donors (Lipinski definition) is 0. The molecule has 153 valence electrons. The van der Waals surface area contributed by atoms with Gasteiger partial charge in [-0.1, -0.05) is 91.1 Å². The van der Waals surface area contributed by atoms with Crippen molar-refractivity contribution in [1.82, 2.24) is 0 Å². The average molecular weight is 425 g/mol. The average Bonchev–Trinajstić information content (AvgIpc) is 2.81. The molecule has 0 saturated heterocycles. The first-order valence-corrected chi connectivity index (χ1v) is 12.9. The molecule has 1 N–H and O–H groups in total. The number of allylic oxidation sites excluding steroid dienone is 4. The molecule has 4 heteroatoms. The molecule has 0 aliphatic heterocycles. The Kier molecular flexibility index (Phi) is 19.3. The fraction of sp³-hybridized carbons (Fsp3) is 0.783. The van der Waals surface area contributed by atoms with Crippen LogP contribution in [-0.2, 0) is 26.5 Å². The Morgan fingerprint density at radius 2 is 1.30 bits per heavy atom. The molecule has 1 amide bonds. The Morgan fingerprint density at radius 3 is 1.52 bits per heavy atom. The molecule has 0 bridgehead atoms. The molecule has 0 heterocycles. The second-order valence-electron chi connectivity index (χ2n) is 7.84. The molecule has 0 aromatic carbocycles. The van der Waals surface area contributed by atoms with Gasteiger partial charge in [-0.05, 0) is 12.8 Å². The van der Waals surface area contributed by atoms with Crippen molar-refractivity contribution in [2.75, 3.05) is 0 Å². The van der Waals surface area contributed by atoms with Crippen LogP contribution in [0.1, 0.15) is 91.9 Å². The summed E-state index contributed by atoms with van der Waals surface area (Å²) in [6.45, 7) is 13.1. The number of hydrogen-bond acceptors (Lipinski definition) is 1.